The van der Waals surface area contributed by atoms with Gasteiger partial charge in [0.05, 0.1) is 25.0 Å². The first kappa shape index (κ1) is 12.6. The summed E-state index contributed by atoms with van der Waals surface area (Å²) in [7, 11) is 1.90. The minimum Gasteiger partial charge on any atom is -0.493 e. The van der Waals surface area contributed by atoms with E-state index < -0.39 is 0 Å². The van der Waals surface area contributed by atoms with Gasteiger partial charge in [0.1, 0.15) is 5.75 Å². The van der Waals surface area contributed by atoms with E-state index in [4.69, 9.17) is 4.74 Å². The summed E-state index contributed by atoms with van der Waals surface area (Å²) in [6, 6.07) is 4.21. The maximum Gasteiger partial charge on any atom is 0.127 e. The molecule has 1 N–H and O–H groups in total. The average Bonchev–Trinajstić information content (AvgIpc) is 2.98. The molecule has 1 aromatic carbocycles. The highest BCUT2D eigenvalue weighted by atomic mass is 79.9. The molecule has 0 atom stereocenters. The molecule has 3 rings (SSSR count). The maximum absolute atomic E-state index is 5.72. The van der Waals surface area contributed by atoms with Crippen LogP contribution in [0.2, 0.25) is 0 Å². The summed E-state index contributed by atoms with van der Waals surface area (Å²) in [6.45, 7) is 2.17. The molecule has 19 heavy (non-hydrogen) atoms. The van der Waals surface area contributed by atoms with Crippen LogP contribution >= 0.6 is 15.9 Å². The Morgan fingerprint density at radius 2 is 2.37 bits per heavy atom. The van der Waals surface area contributed by atoms with Crippen molar-refractivity contribution in [3.63, 3.8) is 0 Å². The molecule has 1 aliphatic heterocycles. The van der Waals surface area contributed by atoms with E-state index >= 15 is 0 Å². The van der Waals surface area contributed by atoms with Crippen molar-refractivity contribution in [1.82, 2.24) is 20.3 Å². The molecule has 1 aliphatic rings. The topological polar surface area (TPSA) is 52.0 Å². The van der Waals surface area contributed by atoms with Crippen LogP contribution in [0.15, 0.2) is 22.8 Å². The van der Waals surface area contributed by atoms with E-state index in [1.807, 2.05) is 17.9 Å². The molecule has 0 amide bonds. The van der Waals surface area contributed by atoms with Crippen molar-refractivity contribution in [2.75, 3.05) is 13.7 Å². The number of nitrogens with zero attached hydrogens (tertiary/aromatic N) is 3. The summed E-state index contributed by atoms with van der Waals surface area (Å²) < 4.78 is 8.65. The van der Waals surface area contributed by atoms with E-state index in [1.54, 1.807) is 0 Å². The monoisotopic (exact) mass is 322 g/mol. The van der Waals surface area contributed by atoms with E-state index in [2.05, 4.69) is 43.7 Å². The van der Waals surface area contributed by atoms with Gasteiger partial charge in [-0.15, -0.1) is 5.10 Å². The SMILES string of the molecule is CNCc1cn(Cc2cc(Br)cc3c2OCC3)nn1. The highest BCUT2D eigenvalue weighted by Crippen LogP contribution is 2.33. The minimum absolute atomic E-state index is 0.679. The predicted octanol–water partition coefficient (Wildman–Crippen LogP) is 1.74. The largest absolute Gasteiger partial charge is 0.493 e. The van der Waals surface area contributed by atoms with Gasteiger partial charge in [-0.25, -0.2) is 4.68 Å². The molecule has 0 unspecified atom stereocenters. The third kappa shape index (κ3) is 2.64. The lowest BCUT2D eigenvalue weighted by Crippen LogP contribution is -2.05. The Morgan fingerprint density at radius 3 is 3.21 bits per heavy atom. The fourth-order valence-corrected chi connectivity index (χ4v) is 2.87. The molecule has 6 heteroatoms. The summed E-state index contributed by atoms with van der Waals surface area (Å²) in [4.78, 5) is 0. The van der Waals surface area contributed by atoms with Crippen LogP contribution in [0.1, 0.15) is 16.8 Å². The fraction of sp³-hybridized carbons (Fsp3) is 0.385. The summed E-state index contributed by atoms with van der Waals surface area (Å²) in [6.07, 6.45) is 2.93. The van der Waals surface area contributed by atoms with Crippen molar-refractivity contribution in [2.45, 2.75) is 19.5 Å². The van der Waals surface area contributed by atoms with Gasteiger partial charge < -0.3 is 10.1 Å². The van der Waals surface area contributed by atoms with Gasteiger partial charge in [-0.1, -0.05) is 21.1 Å². The summed E-state index contributed by atoms with van der Waals surface area (Å²) in [5.41, 5.74) is 3.35. The van der Waals surface area contributed by atoms with Gasteiger partial charge >= 0.3 is 0 Å². The molecule has 2 aromatic rings. The first-order valence-corrected chi connectivity index (χ1v) is 7.03. The number of fused-ring (bicyclic) bond motifs is 1. The number of halogens is 1. The Morgan fingerprint density at radius 1 is 1.47 bits per heavy atom. The van der Waals surface area contributed by atoms with Crippen LogP contribution in [0.25, 0.3) is 0 Å². The Balaban J connectivity index is 1.86. The number of nitrogens with one attached hydrogen (secondary N) is 1. The average molecular weight is 323 g/mol. The second-order valence-electron chi connectivity index (χ2n) is 4.59. The number of aromatic nitrogens is 3. The van der Waals surface area contributed by atoms with Gasteiger partial charge in [-0.05, 0) is 24.7 Å². The number of hydrogen-bond donors (Lipinski definition) is 1. The Hall–Kier alpha value is -1.40. The molecule has 0 saturated heterocycles. The summed E-state index contributed by atoms with van der Waals surface area (Å²) in [5, 5.41) is 11.3. The molecule has 0 spiro atoms. The van der Waals surface area contributed by atoms with Gasteiger partial charge in [0.15, 0.2) is 0 Å². The lowest BCUT2D eigenvalue weighted by molar-refractivity contribution is 0.352. The van der Waals surface area contributed by atoms with Crippen molar-refractivity contribution >= 4 is 15.9 Å². The van der Waals surface area contributed by atoms with Crippen LogP contribution in [0.4, 0.5) is 0 Å². The quantitative estimate of drug-likeness (QED) is 0.931. The zero-order valence-electron chi connectivity index (χ0n) is 10.7. The predicted molar refractivity (Wildman–Crippen MR) is 75.2 cm³/mol. The second kappa shape index (κ2) is 5.30. The van der Waals surface area contributed by atoms with Crippen molar-refractivity contribution in [3.8, 4) is 5.75 Å². The zero-order valence-corrected chi connectivity index (χ0v) is 12.3. The third-order valence-corrected chi connectivity index (χ3v) is 3.56. The zero-order chi connectivity index (χ0) is 13.2. The Kier molecular flexibility index (Phi) is 3.52. The van der Waals surface area contributed by atoms with Crippen LogP contribution < -0.4 is 10.1 Å². The molecule has 5 nitrogen and oxygen atoms in total. The normalized spacial score (nSPS) is 13.4. The highest BCUT2D eigenvalue weighted by Gasteiger charge is 2.18. The molecule has 0 radical (unpaired) electrons. The molecule has 0 aliphatic carbocycles. The molecular formula is C13H15BrN4O. The van der Waals surface area contributed by atoms with Crippen molar-refractivity contribution in [3.05, 3.63) is 39.6 Å². The van der Waals surface area contributed by atoms with Gasteiger partial charge in [-0.3, -0.25) is 0 Å². The number of hydrogen-bond acceptors (Lipinski definition) is 4. The van der Waals surface area contributed by atoms with Crippen LogP contribution in [-0.2, 0) is 19.5 Å². The third-order valence-electron chi connectivity index (χ3n) is 3.10. The van der Waals surface area contributed by atoms with Gasteiger partial charge in [0.25, 0.3) is 0 Å². The van der Waals surface area contributed by atoms with Gasteiger partial charge in [-0.2, -0.15) is 0 Å². The van der Waals surface area contributed by atoms with E-state index in [0.29, 0.717) is 6.54 Å². The smallest absolute Gasteiger partial charge is 0.127 e. The Bertz CT molecular complexity index is 596. The first-order chi connectivity index (χ1) is 9.26. The number of ether oxygens (including phenoxy) is 1. The molecule has 1 aromatic heterocycles. The molecule has 0 saturated carbocycles. The number of benzene rings is 1. The van der Waals surface area contributed by atoms with E-state index in [9.17, 15) is 0 Å². The van der Waals surface area contributed by atoms with Crippen molar-refractivity contribution < 1.29 is 4.74 Å². The molecule has 2 heterocycles. The van der Waals surface area contributed by atoms with E-state index in [1.165, 1.54) is 5.56 Å². The van der Waals surface area contributed by atoms with Gasteiger partial charge in [0, 0.05) is 23.0 Å². The van der Waals surface area contributed by atoms with Gasteiger partial charge in [0.2, 0.25) is 0 Å². The van der Waals surface area contributed by atoms with Crippen LogP contribution in [0.3, 0.4) is 0 Å². The lowest BCUT2D eigenvalue weighted by Gasteiger charge is -2.08. The molecule has 100 valence electrons. The van der Waals surface area contributed by atoms with Crippen molar-refractivity contribution in [2.24, 2.45) is 0 Å². The second-order valence-corrected chi connectivity index (χ2v) is 5.51. The minimum atomic E-state index is 0.679. The Labute approximate surface area is 120 Å². The fourth-order valence-electron chi connectivity index (χ4n) is 2.32. The van der Waals surface area contributed by atoms with Crippen LogP contribution in [-0.4, -0.2) is 28.6 Å². The first-order valence-electron chi connectivity index (χ1n) is 6.24. The maximum atomic E-state index is 5.72. The van der Waals surface area contributed by atoms with Crippen molar-refractivity contribution in [1.29, 1.82) is 0 Å². The molecule has 0 bridgehead atoms. The number of rotatable bonds is 4. The van der Waals surface area contributed by atoms with E-state index in [-0.39, 0.29) is 0 Å². The molecular weight excluding hydrogens is 308 g/mol. The molecule has 0 fully saturated rings. The van der Waals surface area contributed by atoms with Crippen LogP contribution in [0.5, 0.6) is 5.75 Å². The lowest BCUT2D eigenvalue weighted by atomic mass is 10.1. The summed E-state index contributed by atoms with van der Waals surface area (Å²) >= 11 is 3.55. The highest BCUT2D eigenvalue weighted by molar-refractivity contribution is 9.10. The standard InChI is InChI=1S/C13H15BrN4O/c1-15-6-12-8-18(17-16-12)7-10-5-11(14)4-9-2-3-19-13(9)10/h4-5,8,15H,2-3,6-7H2,1H3. The van der Waals surface area contributed by atoms with Crippen LogP contribution in [0, 0.1) is 0 Å². The summed E-state index contributed by atoms with van der Waals surface area (Å²) in [5.74, 6) is 1.01. The van der Waals surface area contributed by atoms with E-state index in [0.717, 1.165) is 41.1 Å².